The molecule has 9 nitrogen and oxygen atoms in total. The Morgan fingerprint density at radius 3 is 2.86 bits per heavy atom. The van der Waals surface area contributed by atoms with Gasteiger partial charge in [0.1, 0.15) is 12.1 Å². The van der Waals surface area contributed by atoms with E-state index < -0.39 is 18.0 Å². The maximum Gasteiger partial charge on any atom is 0.407 e. The number of fused-ring (bicyclic) bond motifs is 1. The van der Waals surface area contributed by atoms with Crippen molar-refractivity contribution in [3.8, 4) is 0 Å². The highest BCUT2D eigenvalue weighted by Crippen LogP contribution is 2.28. The number of benzene rings is 1. The van der Waals surface area contributed by atoms with Gasteiger partial charge < -0.3 is 19.7 Å². The number of hydrogen-bond donors (Lipinski definition) is 2. The third-order valence-corrected chi connectivity index (χ3v) is 5.59. The van der Waals surface area contributed by atoms with Crippen molar-refractivity contribution in [1.29, 1.82) is 0 Å². The number of hydrogen-bond acceptors (Lipinski definition) is 6. The number of nitrogens with zero attached hydrogens (tertiary/aromatic N) is 1. The Bertz CT molecular complexity index is 870. The predicted octanol–water partition coefficient (Wildman–Crippen LogP) is 0.709. The molecule has 3 heterocycles. The van der Waals surface area contributed by atoms with Crippen molar-refractivity contribution in [3.05, 3.63) is 34.9 Å². The van der Waals surface area contributed by atoms with Crippen molar-refractivity contribution in [3.63, 3.8) is 0 Å². The normalized spacial score (nSPS) is 26.3. The molecule has 0 radical (unpaired) electrons. The molecule has 2 N–H and O–H groups in total. The van der Waals surface area contributed by atoms with Gasteiger partial charge in [-0.1, -0.05) is 19.1 Å². The number of rotatable bonds is 4. The summed E-state index contributed by atoms with van der Waals surface area (Å²) >= 11 is 0. The molecule has 2 fully saturated rings. The van der Waals surface area contributed by atoms with Crippen LogP contribution in [0.15, 0.2) is 18.2 Å². The second-order valence-electron chi connectivity index (χ2n) is 7.70. The standard InChI is InChI=1S/C20H23N3O6/c1-11-9-28-10-16(11)29-20(27)21-7-12-2-3-13-8-23(19(26)14(13)6-12)15-4-5-17(24)22-18(15)25/h2-3,6,11,15-16H,4-5,7-10H2,1H3,(H,21,27)(H,22,24,25)/t11-,15?,16-/m0/s1. The lowest BCUT2D eigenvalue weighted by Gasteiger charge is -2.29. The Kier molecular flexibility index (Phi) is 5.23. The van der Waals surface area contributed by atoms with Crippen LogP contribution in [0.25, 0.3) is 0 Å². The van der Waals surface area contributed by atoms with Crippen molar-refractivity contribution in [2.75, 3.05) is 13.2 Å². The molecular formula is C20H23N3O6. The minimum atomic E-state index is -0.639. The number of carbonyl (C=O) groups is 4. The minimum absolute atomic E-state index is 0.164. The maximum absolute atomic E-state index is 12.8. The fourth-order valence-electron chi connectivity index (χ4n) is 3.86. The average molecular weight is 401 g/mol. The van der Waals surface area contributed by atoms with Gasteiger partial charge in [0, 0.05) is 31.0 Å². The Labute approximate surface area is 167 Å². The van der Waals surface area contributed by atoms with Gasteiger partial charge in [-0.3, -0.25) is 19.7 Å². The SMILES string of the molecule is C[C@H]1COC[C@@H]1OC(=O)NCc1ccc2c(c1)C(=O)N(C1CCC(=O)NC1=O)C2. The molecule has 0 spiro atoms. The first-order valence-corrected chi connectivity index (χ1v) is 9.71. The Balaban J connectivity index is 1.37. The molecule has 4 rings (SSSR count). The van der Waals surface area contributed by atoms with Crippen LogP contribution in [0.3, 0.4) is 0 Å². The van der Waals surface area contributed by atoms with E-state index in [-0.39, 0.29) is 36.8 Å². The molecule has 9 heteroatoms. The molecule has 0 saturated carbocycles. The van der Waals surface area contributed by atoms with Gasteiger partial charge in [0.05, 0.1) is 13.2 Å². The highest BCUT2D eigenvalue weighted by atomic mass is 16.6. The van der Waals surface area contributed by atoms with E-state index in [1.54, 1.807) is 6.07 Å². The van der Waals surface area contributed by atoms with Crippen molar-refractivity contribution in [2.45, 2.75) is 45.0 Å². The lowest BCUT2D eigenvalue weighted by Crippen LogP contribution is -2.52. The van der Waals surface area contributed by atoms with Crippen LogP contribution in [-0.2, 0) is 32.2 Å². The van der Waals surface area contributed by atoms with Gasteiger partial charge in [0.25, 0.3) is 5.91 Å². The summed E-state index contributed by atoms with van der Waals surface area (Å²) in [5.74, 6) is -0.820. The summed E-state index contributed by atoms with van der Waals surface area (Å²) < 4.78 is 10.6. The molecule has 1 unspecified atom stereocenters. The smallest absolute Gasteiger partial charge is 0.407 e. The Hall–Kier alpha value is -2.94. The Morgan fingerprint density at radius 1 is 1.31 bits per heavy atom. The number of alkyl carbamates (subject to hydrolysis) is 1. The molecule has 0 aromatic heterocycles. The molecule has 0 aliphatic carbocycles. The zero-order valence-corrected chi connectivity index (χ0v) is 16.1. The van der Waals surface area contributed by atoms with Gasteiger partial charge in [0.15, 0.2) is 0 Å². The van der Waals surface area contributed by atoms with E-state index in [4.69, 9.17) is 9.47 Å². The van der Waals surface area contributed by atoms with Crippen LogP contribution in [0, 0.1) is 5.92 Å². The number of imide groups is 1. The van der Waals surface area contributed by atoms with Crippen molar-refractivity contribution >= 4 is 23.8 Å². The molecule has 2 saturated heterocycles. The third kappa shape index (κ3) is 3.95. The van der Waals surface area contributed by atoms with E-state index in [9.17, 15) is 19.2 Å². The first kappa shape index (κ1) is 19.4. The molecular weight excluding hydrogens is 378 g/mol. The van der Waals surface area contributed by atoms with Crippen LogP contribution < -0.4 is 10.6 Å². The fourth-order valence-corrected chi connectivity index (χ4v) is 3.86. The van der Waals surface area contributed by atoms with Gasteiger partial charge in [0.2, 0.25) is 11.8 Å². The second-order valence-corrected chi connectivity index (χ2v) is 7.70. The average Bonchev–Trinajstić information content (AvgIpc) is 3.23. The highest BCUT2D eigenvalue weighted by molar-refractivity contribution is 6.05. The topological polar surface area (TPSA) is 114 Å². The molecule has 1 aromatic carbocycles. The summed E-state index contributed by atoms with van der Waals surface area (Å²) in [5.41, 5.74) is 2.10. The number of carbonyl (C=O) groups excluding carboxylic acids is 4. The van der Waals surface area contributed by atoms with Crippen LogP contribution >= 0.6 is 0 Å². The number of ether oxygens (including phenoxy) is 2. The molecule has 154 valence electrons. The van der Waals surface area contributed by atoms with E-state index >= 15 is 0 Å². The third-order valence-electron chi connectivity index (χ3n) is 5.59. The van der Waals surface area contributed by atoms with Gasteiger partial charge in [-0.25, -0.2) is 4.79 Å². The number of amides is 4. The van der Waals surface area contributed by atoms with Gasteiger partial charge >= 0.3 is 6.09 Å². The Morgan fingerprint density at radius 2 is 2.14 bits per heavy atom. The second kappa shape index (κ2) is 7.82. The van der Waals surface area contributed by atoms with E-state index in [0.717, 1.165) is 11.1 Å². The molecule has 29 heavy (non-hydrogen) atoms. The van der Waals surface area contributed by atoms with Gasteiger partial charge in [-0.15, -0.1) is 0 Å². The van der Waals surface area contributed by atoms with Gasteiger partial charge in [-0.05, 0) is 23.6 Å². The molecule has 3 aliphatic heterocycles. The lowest BCUT2D eigenvalue weighted by atomic mass is 10.0. The monoisotopic (exact) mass is 401 g/mol. The van der Waals surface area contributed by atoms with E-state index in [0.29, 0.717) is 31.7 Å². The predicted molar refractivity (Wildman–Crippen MR) is 99.6 cm³/mol. The van der Waals surface area contributed by atoms with Crippen LogP contribution in [0.4, 0.5) is 4.79 Å². The van der Waals surface area contributed by atoms with Crippen LogP contribution in [0.2, 0.25) is 0 Å². The van der Waals surface area contributed by atoms with Crippen LogP contribution in [0.5, 0.6) is 0 Å². The number of piperidine rings is 1. The summed E-state index contributed by atoms with van der Waals surface area (Å²) in [4.78, 5) is 49.8. The quantitative estimate of drug-likeness (QED) is 0.719. The van der Waals surface area contributed by atoms with Crippen molar-refractivity contribution in [1.82, 2.24) is 15.5 Å². The lowest BCUT2D eigenvalue weighted by molar-refractivity contribution is -0.136. The highest BCUT2D eigenvalue weighted by Gasteiger charge is 2.39. The summed E-state index contributed by atoms with van der Waals surface area (Å²) in [6.07, 6.45) is -0.227. The first-order chi connectivity index (χ1) is 13.9. The van der Waals surface area contributed by atoms with Gasteiger partial charge in [-0.2, -0.15) is 0 Å². The largest absolute Gasteiger partial charge is 0.443 e. The van der Waals surface area contributed by atoms with Crippen molar-refractivity contribution in [2.24, 2.45) is 5.92 Å². The first-order valence-electron chi connectivity index (χ1n) is 9.71. The van der Waals surface area contributed by atoms with E-state index in [1.807, 2.05) is 19.1 Å². The van der Waals surface area contributed by atoms with Crippen LogP contribution in [0.1, 0.15) is 41.3 Å². The maximum atomic E-state index is 12.8. The summed E-state index contributed by atoms with van der Waals surface area (Å²) in [6.45, 7) is 3.49. The molecule has 4 amide bonds. The molecule has 1 aromatic rings. The summed E-state index contributed by atoms with van der Waals surface area (Å²) in [7, 11) is 0. The summed E-state index contributed by atoms with van der Waals surface area (Å²) in [5, 5.41) is 4.98. The summed E-state index contributed by atoms with van der Waals surface area (Å²) in [6, 6.07) is 4.75. The molecule has 3 aliphatic rings. The van der Waals surface area contributed by atoms with E-state index in [1.165, 1.54) is 4.90 Å². The minimum Gasteiger partial charge on any atom is -0.443 e. The van der Waals surface area contributed by atoms with E-state index in [2.05, 4.69) is 10.6 Å². The molecule has 0 bridgehead atoms. The molecule has 3 atom stereocenters. The zero-order chi connectivity index (χ0) is 20.5. The fraction of sp³-hybridized carbons (Fsp3) is 0.500. The number of nitrogens with one attached hydrogen (secondary N) is 2. The van der Waals surface area contributed by atoms with Crippen LogP contribution in [-0.4, -0.2) is 54.1 Å². The van der Waals surface area contributed by atoms with Crippen molar-refractivity contribution < 1.29 is 28.7 Å². The zero-order valence-electron chi connectivity index (χ0n) is 16.1.